The van der Waals surface area contributed by atoms with Crippen LogP contribution in [0.25, 0.3) is 0 Å². The quantitative estimate of drug-likeness (QED) is 0.637. The number of hydrogen-bond acceptors (Lipinski definition) is 6. The van der Waals surface area contributed by atoms with Crippen LogP contribution in [-0.4, -0.2) is 53.6 Å². The predicted molar refractivity (Wildman–Crippen MR) is 129 cm³/mol. The van der Waals surface area contributed by atoms with Crippen LogP contribution in [0.2, 0.25) is 5.02 Å². The van der Waals surface area contributed by atoms with Crippen molar-refractivity contribution in [1.29, 1.82) is 0 Å². The molecule has 0 radical (unpaired) electrons. The van der Waals surface area contributed by atoms with Gasteiger partial charge in [0, 0.05) is 25.2 Å². The van der Waals surface area contributed by atoms with E-state index in [9.17, 15) is 14.4 Å². The molecule has 34 heavy (non-hydrogen) atoms. The summed E-state index contributed by atoms with van der Waals surface area (Å²) in [6.45, 7) is 6.29. The van der Waals surface area contributed by atoms with Gasteiger partial charge in [0.25, 0.3) is 5.91 Å². The van der Waals surface area contributed by atoms with Crippen LogP contribution in [0.1, 0.15) is 44.0 Å². The summed E-state index contributed by atoms with van der Waals surface area (Å²) >= 11 is 5.85. The average Bonchev–Trinajstić information content (AvgIpc) is 2.79. The Morgan fingerprint density at radius 2 is 1.79 bits per heavy atom. The molecule has 0 spiro atoms. The number of hydrogen-bond donors (Lipinski definition) is 2. The Labute approximate surface area is 203 Å². The highest BCUT2D eigenvalue weighted by Crippen LogP contribution is 2.26. The summed E-state index contributed by atoms with van der Waals surface area (Å²) in [5.41, 5.74) is 0.0144. The summed E-state index contributed by atoms with van der Waals surface area (Å²) in [6.07, 6.45) is 2.04. The van der Waals surface area contributed by atoms with E-state index in [0.29, 0.717) is 48.2 Å². The summed E-state index contributed by atoms with van der Waals surface area (Å²) in [6, 6.07) is 8.03. The van der Waals surface area contributed by atoms with Gasteiger partial charge < -0.3 is 25.0 Å². The van der Waals surface area contributed by atoms with Gasteiger partial charge in [0.05, 0.1) is 23.4 Å². The zero-order valence-corrected chi connectivity index (χ0v) is 20.4. The number of pyridine rings is 1. The van der Waals surface area contributed by atoms with E-state index >= 15 is 0 Å². The number of ether oxygens (including phenoxy) is 2. The molecule has 9 nitrogen and oxygen atoms in total. The number of aromatic nitrogens is 1. The third-order valence-electron chi connectivity index (χ3n) is 5.22. The van der Waals surface area contributed by atoms with Gasteiger partial charge in [-0.3, -0.25) is 9.59 Å². The monoisotopic (exact) mass is 488 g/mol. The Morgan fingerprint density at radius 3 is 2.38 bits per heavy atom. The highest BCUT2D eigenvalue weighted by Gasteiger charge is 2.30. The number of methoxy groups -OCH3 is 1. The lowest BCUT2D eigenvalue weighted by Crippen LogP contribution is -2.43. The van der Waals surface area contributed by atoms with E-state index in [-0.39, 0.29) is 23.5 Å². The molecule has 1 aliphatic heterocycles. The molecule has 10 heteroatoms. The molecule has 0 unspecified atom stereocenters. The van der Waals surface area contributed by atoms with Crippen LogP contribution in [0, 0.1) is 5.92 Å². The number of carbonyl (C=O) groups excluding carboxylic acids is 3. The third-order valence-corrected chi connectivity index (χ3v) is 5.44. The largest absolute Gasteiger partial charge is 0.497 e. The molecule has 182 valence electrons. The number of carbonyl (C=O) groups is 3. The van der Waals surface area contributed by atoms with Crippen LogP contribution in [0.5, 0.6) is 5.75 Å². The van der Waals surface area contributed by atoms with Crippen LogP contribution >= 0.6 is 11.6 Å². The molecule has 1 fully saturated rings. The molecule has 1 aliphatic rings. The maximum absolute atomic E-state index is 13.0. The standard InChI is InChI=1S/C24H29ClN4O5/c1-24(2,3)34-23(32)29-11-9-15(10-12-29)21(30)27-19-7-6-17(33-4)13-18(19)22(31)28-20-8-5-16(25)14-26-20/h5-8,13-15H,9-12H2,1-4H3,(H,27,30)(H,26,28,31). The fraction of sp³-hybridized carbons (Fsp3) is 0.417. The van der Waals surface area contributed by atoms with Crippen molar-refractivity contribution in [2.45, 2.75) is 39.2 Å². The van der Waals surface area contributed by atoms with E-state index < -0.39 is 11.5 Å². The zero-order valence-electron chi connectivity index (χ0n) is 19.7. The Hall–Kier alpha value is -3.33. The second-order valence-electron chi connectivity index (χ2n) is 8.96. The number of rotatable bonds is 5. The first kappa shape index (κ1) is 25.3. The van der Waals surface area contributed by atoms with E-state index in [1.165, 1.54) is 13.3 Å². The SMILES string of the molecule is COc1ccc(NC(=O)C2CCN(C(=O)OC(C)(C)C)CC2)c(C(=O)Nc2ccc(Cl)cn2)c1. The Kier molecular flexibility index (Phi) is 7.98. The van der Waals surface area contributed by atoms with E-state index in [4.69, 9.17) is 21.1 Å². The van der Waals surface area contributed by atoms with E-state index in [1.807, 2.05) is 20.8 Å². The van der Waals surface area contributed by atoms with Gasteiger partial charge >= 0.3 is 6.09 Å². The van der Waals surface area contributed by atoms with Crippen molar-refractivity contribution >= 4 is 41.0 Å². The van der Waals surface area contributed by atoms with Crippen LogP contribution in [0.4, 0.5) is 16.3 Å². The summed E-state index contributed by atoms with van der Waals surface area (Å²) in [7, 11) is 1.49. The summed E-state index contributed by atoms with van der Waals surface area (Å²) in [5, 5.41) is 6.00. The minimum absolute atomic E-state index is 0.215. The first-order valence-corrected chi connectivity index (χ1v) is 11.3. The smallest absolute Gasteiger partial charge is 0.410 e. The molecule has 0 atom stereocenters. The number of anilines is 2. The van der Waals surface area contributed by atoms with Crippen LogP contribution < -0.4 is 15.4 Å². The van der Waals surface area contributed by atoms with E-state index in [1.54, 1.807) is 35.2 Å². The van der Waals surface area contributed by atoms with E-state index in [0.717, 1.165) is 0 Å². The van der Waals surface area contributed by atoms with Crippen LogP contribution in [0.15, 0.2) is 36.5 Å². The minimum atomic E-state index is -0.571. The van der Waals surface area contributed by atoms with Gasteiger partial charge in [-0.2, -0.15) is 0 Å². The second kappa shape index (κ2) is 10.7. The maximum Gasteiger partial charge on any atom is 0.410 e. The molecule has 0 saturated carbocycles. The lowest BCUT2D eigenvalue weighted by Gasteiger charge is -2.33. The maximum atomic E-state index is 13.0. The van der Waals surface area contributed by atoms with Crippen molar-refractivity contribution in [2.75, 3.05) is 30.8 Å². The van der Waals surface area contributed by atoms with Crippen molar-refractivity contribution in [3.05, 3.63) is 47.1 Å². The normalized spacial score (nSPS) is 14.3. The third kappa shape index (κ3) is 6.84. The Balaban J connectivity index is 1.67. The summed E-state index contributed by atoms with van der Waals surface area (Å²) in [4.78, 5) is 43.8. The van der Waals surface area contributed by atoms with Gasteiger partial charge in [0.15, 0.2) is 0 Å². The average molecular weight is 489 g/mol. The molecule has 1 saturated heterocycles. The molecule has 2 aromatic rings. The minimum Gasteiger partial charge on any atom is -0.497 e. The summed E-state index contributed by atoms with van der Waals surface area (Å²) < 4.78 is 10.6. The lowest BCUT2D eigenvalue weighted by atomic mass is 9.96. The van der Waals surface area contributed by atoms with Crippen LogP contribution in [-0.2, 0) is 9.53 Å². The van der Waals surface area contributed by atoms with Crippen molar-refractivity contribution in [3.63, 3.8) is 0 Å². The number of nitrogens with zero attached hydrogens (tertiary/aromatic N) is 2. The first-order valence-electron chi connectivity index (χ1n) is 11.0. The molecule has 3 rings (SSSR count). The van der Waals surface area contributed by atoms with Gasteiger partial charge in [-0.25, -0.2) is 9.78 Å². The molecule has 1 aromatic heterocycles. The first-order chi connectivity index (χ1) is 16.1. The van der Waals surface area contributed by atoms with E-state index in [2.05, 4.69) is 15.6 Å². The highest BCUT2D eigenvalue weighted by atomic mass is 35.5. The van der Waals surface area contributed by atoms with Crippen molar-refractivity contribution in [2.24, 2.45) is 5.92 Å². The number of nitrogens with one attached hydrogen (secondary N) is 2. The van der Waals surface area contributed by atoms with Crippen molar-refractivity contribution in [3.8, 4) is 5.75 Å². The zero-order chi connectivity index (χ0) is 24.9. The Bertz CT molecular complexity index is 1040. The molecule has 3 amide bonds. The molecular formula is C24H29ClN4O5. The topological polar surface area (TPSA) is 110 Å². The molecular weight excluding hydrogens is 460 g/mol. The number of benzene rings is 1. The van der Waals surface area contributed by atoms with Gasteiger partial charge in [-0.05, 0) is 63.9 Å². The fourth-order valence-corrected chi connectivity index (χ4v) is 3.58. The second-order valence-corrected chi connectivity index (χ2v) is 9.39. The number of halogens is 1. The van der Waals surface area contributed by atoms with Gasteiger partial charge in [-0.15, -0.1) is 0 Å². The van der Waals surface area contributed by atoms with Crippen molar-refractivity contribution in [1.82, 2.24) is 9.88 Å². The predicted octanol–water partition coefficient (Wildman–Crippen LogP) is 4.58. The number of likely N-dealkylation sites (tertiary alicyclic amines) is 1. The summed E-state index contributed by atoms with van der Waals surface area (Å²) in [5.74, 6) is -0.173. The molecule has 2 heterocycles. The molecule has 1 aromatic carbocycles. The highest BCUT2D eigenvalue weighted by molar-refractivity contribution is 6.30. The van der Waals surface area contributed by atoms with Gasteiger partial charge in [0.1, 0.15) is 17.2 Å². The fourth-order valence-electron chi connectivity index (χ4n) is 3.47. The van der Waals surface area contributed by atoms with Crippen LogP contribution in [0.3, 0.4) is 0 Å². The Morgan fingerprint density at radius 1 is 1.09 bits per heavy atom. The van der Waals surface area contributed by atoms with Crippen molar-refractivity contribution < 1.29 is 23.9 Å². The number of amides is 3. The van der Waals surface area contributed by atoms with Gasteiger partial charge in [-0.1, -0.05) is 11.6 Å². The number of piperidine rings is 1. The lowest BCUT2D eigenvalue weighted by molar-refractivity contribution is -0.121. The molecule has 2 N–H and O–H groups in total. The van der Waals surface area contributed by atoms with Gasteiger partial charge in [0.2, 0.25) is 5.91 Å². The molecule has 0 bridgehead atoms. The molecule has 0 aliphatic carbocycles.